The van der Waals surface area contributed by atoms with Crippen molar-refractivity contribution in [3.05, 3.63) is 0 Å². The second-order valence-corrected chi connectivity index (χ2v) is 10.5. The third kappa shape index (κ3) is 7.89. The Balaban J connectivity index is 1.83. The molecule has 0 radical (unpaired) electrons. The molecule has 1 heterocycles. The van der Waals surface area contributed by atoms with Crippen LogP contribution in [0, 0.1) is 17.8 Å². The summed E-state index contributed by atoms with van der Waals surface area (Å²) in [6, 6.07) is -1.37. The number of rotatable bonds is 8. The number of carbonyl (C=O) groups excluding carboxylic acids is 3. The number of alkyl carbamates (subject to hydrolysis) is 1. The van der Waals surface area contributed by atoms with Crippen LogP contribution in [0.15, 0.2) is 0 Å². The molecule has 2 rings (SSSR count). The Bertz CT molecular complexity index is 711. The minimum atomic E-state index is -0.923. The van der Waals surface area contributed by atoms with E-state index in [1.54, 1.807) is 20.8 Å². The maximum Gasteiger partial charge on any atom is 0.408 e. The lowest BCUT2D eigenvalue weighted by Gasteiger charge is -2.32. The van der Waals surface area contributed by atoms with Crippen LogP contribution in [0.5, 0.6) is 0 Å². The highest BCUT2D eigenvalue weighted by atomic mass is 16.6. The van der Waals surface area contributed by atoms with Gasteiger partial charge in [0.15, 0.2) is 0 Å². The minimum Gasteiger partial charge on any atom is -0.480 e. The van der Waals surface area contributed by atoms with Gasteiger partial charge in [-0.05, 0) is 71.1 Å². The number of carboxylic acid groups (broad SMARTS) is 1. The summed E-state index contributed by atoms with van der Waals surface area (Å²) in [6.45, 7) is 10.2. The molecule has 9 heteroatoms. The Morgan fingerprint density at radius 3 is 2.27 bits per heavy atom. The largest absolute Gasteiger partial charge is 0.480 e. The van der Waals surface area contributed by atoms with Crippen LogP contribution in [-0.4, -0.2) is 64.7 Å². The molecule has 0 aromatic rings. The summed E-state index contributed by atoms with van der Waals surface area (Å²) < 4.78 is 5.30. The molecule has 3 amide bonds. The molecule has 0 bridgehead atoms. The molecule has 0 aromatic carbocycles. The highest BCUT2D eigenvalue weighted by Crippen LogP contribution is 2.32. The first-order valence-corrected chi connectivity index (χ1v) is 12.2. The SMILES string of the molecule is CC[C@H](C)[C@H](NC(=O)OC(C)(C)C)C(=O)NCC1CCC(C(=O)N2CCC[C@H]2C(=O)O)CC1. The van der Waals surface area contributed by atoms with Crippen molar-refractivity contribution >= 4 is 23.9 Å². The summed E-state index contributed by atoms with van der Waals surface area (Å²) in [5, 5.41) is 15.0. The lowest BCUT2D eigenvalue weighted by Crippen LogP contribution is -2.52. The third-order valence-corrected chi connectivity index (χ3v) is 6.75. The van der Waals surface area contributed by atoms with Gasteiger partial charge in [0.25, 0.3) is 0 Å². The zero-order valence-corrected chi connectivity index (χ0v) is 20.7. The Morgan fingerprint density at radius 2 is 1.73 bits per heavy atom. The fraction of sp³-hybridized carbons (Fsp3) is 0.833. The molecule has 1 aliphatic heterocycles. The fourth-order valence-electron chi connectivity index (χ4n) is 4.63. The smallest absolute Gasteiger partial charge is 0.408 e. The Hall–Kier alpha value is -2.32. The number of carboxylic acids is 1. The normalized spacial score (nSPS) is 25.1. The number of hydrogen-bond acceptors (Lipinski definition) is 5. The molecule has 3 atom stereocenters. The third-order valence-electron chi connectivity index (χ3n) is 6.75. The topological polar surface area (TPSA) is 125 Å². The van der Waals surface area contributed by atoms with E-state index >= 15 is 0 Å². The predicted octanol–water partition coefficient (Wildman–Crippen LogP) is 2.92. The first-order valence-electron chi connectivity index (χ1n) is 12.2. The number of hydrogen-bond donors (Lipinski definition) is 3. The highest BCUT2D eigenvalue weighted by Gasteiger charge is 2.38. The van der Waals surface area contributed by atoms with E-state index in [0.717, 1.165) is 25.7 Å². The number of nitrogens with zero attached hydrogens (tertiary/aromatic N) is 1. The molecule has 1 saturated carbocycles. The Morgan fingerprint density at radius 1 is 1.09 bits per heavy atom. The van der Waals surface area contributed by atoms with Gasteiger partial charge >= 0.3 is 12.1 Å². The van der Waals surface area contributed by atoms with Gasteiger partial charge in [-0.25, -0.2) is 9.59 Å². The first kappa shape index (κ1) is 26.9. The van der Waals surface area contributed by atoms with Gasteiger partial charge < -0.3 is 25.4 Å². The van der Waals surface area contributed by atoms with Gasteiger partial charge in [0, 0.05) is 19.0 Å². The van der Waals surface area contributed by atoms with Crippen LogP contribution in [0.1, 0.15) is 79.6 Å². The van der Waals surface area contributed by atoms with Crippen molar-refractivity contribution in [2.45, 2.75) is 97.2 Å². The van der Waals surface area contributed by atoms with Gasteiger partial charge in [-0.2, -0.15) is 0 Å². The van der Waals surface area contributed by atoms with Crippen molar-refractivity contribution in [1.29, 1.82) is 0 Å². The van der Waals surface area contributed by atoms with Crippen molar-refractivity contribution in [3.8, 4) is 0 Å². The molecule has 0 aromatic heterocycles. The van der Waals surface area contributed by atoms with E-state index in [0.29, 0.717) is 32.4 Å². The van der Waals surface area contributed by atoms with E-state index < -0.39 is 29.7 Å². The number of carbonyl (C=O) groups is 4. The van der Waals surface area contributed by atoms with Crippen molar-refractivity contribution in [1.82, 2.24) is 15.5 Å². The van der Waals surface area contributed by atoms with Gasteiger partial charge in [0.2, 0.25) is 11.8 Å². The van der Waals surface area contributed by atoms with Crippen LogP contribution in [0.2, 0.25) is 0 Å². The predicted molar refractivity (Wildman–Crippen MR) is 123 cm³/mol. The number of amides is 3. The van der Waals surface area contributed by atoms with Crippen molar-refractivity contribution in [2.75, 3.05) is 13.1 Å². The molecule has 2 fully saturated rings. The van der Waals surface area contributed by atoms with Crippen molar-refractivity contribution in [2.24, 2.45) is 17.8 Å². The molecular weight excluding hydrogens is 426 g/mol. The van der Waals surface area contributed by atoms with E-state index in [1.165, 1.54) is 4.90 Å². The molecule has 0 unspecified atom stereocenters. The van der Waals surface area contributed by atoms with Crippen LogP contribution >= 0.6 is 0 Å². The summed E-state index contributed by atoms with van der Waals surface area (Å²) in [7, 11) is 0. The molecule has 33 heavy (non-hydrogen) atoms. The van der Waals surface area contributed by atoms with Gasteiger partial charge in [0.05, 0.1) is 0 Å². The molecule has 3 N–H and O–H groups in total. The second-order valence-electron chi connectivity index (χ2n) is 10.5. The Kier molecular flexibility index (Phi) is 9.55. The Labute approximate surface area is 197 Å². The van der Waals surface area contributed by atoms with E-state index in [2.05, 4.69) is 10.6 Å². The van der Waals surface area contributed by atoms with E-state index in [9.17, 15) is 24.3 Å². The first-order chi connectivity index (χ1) is 15.4. The van der Waals surface area contributed by atoms with Crippen LogP contribution in [-0.2, 0) is 19.1 Å². The average molecular weight is 468 g/mol. The lowest BCUT2D eigenvalue weighted by molar-refractivity contribution is -0.150. The zero-order valence-electron chi connectivity index (χ0n) is 20.7. The van der Waals surface area contributed by atoms with Gasteiger partial charge in [-0.3, -0.25) is 9.59 Å². The quantitative estimate of drug-likeness (QED) is 0.504. The lowest BCUT2D eigenvalue weighted by atomic mass is 9.81. The van der Waals surface area contributed by atoms with Crippen LogP contribution in [0.4, 0.5) is 4.79 Å². The molecule has 1 aliphatic carbocycles. The van der Waals surface area contributed by atoms with Crippen molar-refractivity contribution < 1.29 is 29.0 Å². The van der Waals surface area contributed by atoms with E-state index in [1.807, 2.05) is 13.8 Å². The summed E-state index contributed by atoms with van der Waals surface area (Å²) >= 11 is 0. The van der Waals surface area contributed by atoms with E-state index in [4.69, 9.17) is 4.74 Å². The monoisotopic (exact) mass is 467 g/mol. The number of nitrogens with one attached hydrogen (secondary N) is 2. The van der Waals surface area contributed by atoms with Gasteiger partial charge in [-0.1, -0.05) is 20.3 Å². The summed E-state index contributed by atoms with van der Waals surface area (Å²) in [4.78, 5) is 50.8. The number of aliphatic carboxylic acids is 1. The van der Waals surface area contributed by atoms with Gasteiger partial charge in [-0.15, -0.1) is 0 Å². The maximum absolute atomic E-state index is 12.8. The molecule has 9 nitrogen and oxygen atoms in total. The average Bonchev–Trinajstić information content (AvgIpc) is 3.24. The van der Waals surface area contributed by atoms with Gasteiger partial charge in [0.1, 0.15) is 17.7 Å². The molecule has 0 spiro atoms. The number of ether oxygens (including phenoxy) is 1. The highest BCUT2D eigenvalue weighted by molar-refractivity contribution is 5.86. The van der Waals surface area contributed by atoms with Crippen molar-refractivity contribution in [3.63, 3.8) is 0 Å². The van der Waals surface area contributed by atoms with Crippen LogP contribution in [0.25, 0.3) is 0 Å². The minimum absolute atomic E-state index is 0.0409. The second kappa shape index (κ2) is 11.7. The molecule has 188 valence electrons. The maximum atomic E-state index is 12.8. The fourth-order valence-corrected chi connectivity index (χ4v) is 4.63. The zero-order chi connectivity index (χ0) is 24.8. The molecular formula is C24H41N3O6. The standard InChI is InChI=1S/C24H41N3O6/c1-6-15(2)19(26-23(32)33-24(3,4)5)20(28)25-14-16-9-11-17(12-10-16)21(29)27-13-7-8-18(27)22(30)31/h15-19H,6-14H2,1-5H3,(H,25,28)(H,26,32)(H,30,31)/t15-,16?,17?,18-,19-/m0/s1. The summed E-state index contributed by atoms with van der Waals surface area (Å²) in [5.41, 5.74) is -0.643. The molecule has 1 saturated heterocycles. The summed E-state index contributed by atoms with van der Waals surface area (Å²) in [6.07, 6.45) is 4.39. The van der Waals surface area contributed by atoms with Crippen LogP contribution < -0.4 is 10.6 Å². The summed E-state index contributed by atoms with van der Waals surface area (Å²) in [5.74, 6) is -1.12. The van der Waals surface area contributed by atoms with Crippen LogP contribution in [0.3, 0.4) is 0 Å². The van der Waals surface area contributed by atoms with E-state index in [-0.39, 0.29) is 29.6 Å². The number of likely N-dealkylation sites (tertiary alicyclic amines) is 1. The molecule has 2 aliphatic rings.